The molecular formula is C9H15BO3S. The van der Waals surface area contributed by atoms with Crippen molar-refractivity contribution in [1.82, 2.24) is 0 Å². The van der Waals surface area contributed by atoms with E-state index < -0.39 is 0 Å². The molecule has 2 rings (SSSR count). The van der Waals surface area contributed by atoms with E-state index in [9.17, 15) is 0 Å². The second kappa shape index (κ2) is 3.70. The van der Waals surface area contributed by atoms with E-state index in [1.54, 1.807) is 14.2 Å². The number of fused-ring (bicyclic) bond motifs is 2. The van der Waals surface area contributed by atoms with Crippen LogP contribution in [0, 0.1) is 0 Å². The molecule has 2 radical (unpaired) electrons. The van der Waals surface area contributed by atoms with Crippen LogP contribution in [0.1, 0.15) is 6.92 Å². The first kappa shape index (κ1) is 10.8. The summed E-state index contributed by atoms with van der Waals surface area (Å²) in [7, 11) is 9.29. The van der Waals surface area contributed by atoms with Gasteiger partial charge in [-0.2, -0.15) is 11.8 Å². The number of methoxy groups -OCH3 is 2. The molecular weight excluding hydrogens is 199 g/mol. The van der Waals surface area contributed by atoms with Gasteiger partial charge in [-0.3, -0.25) is 0 Å². The van der Waals surface area contributed by atoms with E-state index in [4.69, 9.17) is 22.1 Å². The van der Waals surface area contributed by atoms with Crippen LogP contribution in [0.2, 0.25) is 0 Å². The summed E-state index contributed by atoms with van der Waals surface area (Å²) in [6.45, 7) is 2.01. The fourth-order valence-corrected chi connectivity index (χ4v) is 4.02. The molecule has 0 aliphatic carbocycles. The van der Waals surface area contributed by atoms with E-state index in [1.165, 1.54) is 0 Å². The number of hydrogen-bond acceptors (Lipinski definition) is 4. The zero-order chi connectivity index (χ0) is 10.3. The second-order valence-electron chi connectivity index (χ2n) is 3.85. The van der Waals surface area contributed by atoms with Gasteiger partial charge in [-0.15, -0.1) is 0 Å². The Labute approximate surface area is 90.3 Å². The van der Waals surface area contributed by atoms with Crippen molar-refractivity contribution in [2.45, 2.75) is 36.0 Å². The third-order valence-electron chi connectivity index (χ3n) is 3.26. The van der Waals surface area contributed by atoms with Crippen molar-refractivity contribution in [2.24, 2.45) is 0 Å². The van der Waals surface area contributed by atoms with Gasteiger partial charge in [0.05, 0.1) is 11.4 Å². The summed E-state index contributed by atoms with van der Waals surface area (Å²) in [6, 6.07) is -0.226. The third-order valence-corrected chi connectivity index (χ3v) is 4.77. The highest BCUT2D eigenvalue weighted by atomic mass is 32.2. The highest BCUT2D eigenvalue weighted by Crippen LogP contribution is 2.50. The molecule has 2 aliphatic rings. The van der Waals surface area contributed by atoms with Crippen LogP contribution in [0.25, 0.3) is 0 Å². The first-order valence-electron chi connectivity index (χ1n) is 4.76. The molecule has 0 saturated carbocycles. The smallest absolute Gasteiger partial charge is 0.129 e. The van der Waals surface area contributed by atoms with Gasteiger partial charge in [-0.25, -0.2) is 0 Å². The first-order chi connectivity index (χ1) is 6.65. The fraction of sp³-hybridized carbons (Fsp3) is 1.00. The molecule has 0 aromatic heterocycles. The molecule has 2 heterocycles. The lowest BCUT2D eigenvalue weighted by Crippen LogP contribution is -2.51. The Morgan fingerprint density at radius 3 is 2.79 bits per heavy atom. The molecule has 0 N–H and O–H groups in total. The van der Waals surface area contributed by atoms with E-state index >= 15 is 0 Å². The number of ether oxygens (including phenoxy) is 3. The summed E-state index contributed by atoms with van der Waals surface area (Å²) in [4.78, 5) is 0. The SMILES string of the molecule is [B][C@@H]1O[C@@]2(C(C)OC)CS[C@H]1C2OC. The molecule has 3 nitrogen and oxygen atoms in total. The average molecular weight is 214 g/mol. The molecule has 0 aromatic rings. The minimum Gasteiger partial charge on any atom is -0.379 e. The van der Waals surface area contributed by atoms with Crippen LogP contribution < -0.4 is 0 Å². The van der Waals surface area contributed by atoms with Crippen molar-refractivity contribution in [3.63, 3.8) is 0 Å². The van der Waals surface area contributed by atoms with Gasteiger partial charge in [-0.05, 0) is 6.92 Å². The zero-order valence-electron chi connectivity index (χ0n) is 8.73. The Morgan fingerprint density at radius 2 is 2.29 bits per heavy atom. The van der Waals surface area contributed by atoms with Crippen LogP contribution in [-0.4, -0.2) is 56.9 Å². The molecule has 5 atom stereocenters. The summed E-state index contributed by atoms with van der Waals surface area (Å²) >= 11 is 1.82. The van der Waals surface area contributed by atoms with Crippen LogP contribution in [-0.2, 0) is 14.2 Å². The summed E-state index contributed by atoms with van der Waals surface area (Å²) in [6.07, 6.45) is 0.0657. The summed E-state index contributed by atoms with van der Waals surface area (Å²) in [5.74, 6) is 0.902. The Balaban J connectivity index is 2.24. The molecule has 0 aromatic carbocycles. The van der Waals surface area contributed by atoms with Crippen LogP contribution in [0.3, 0.4) is 0 Å². The predicted octanol–water partition coefficient (Wildman–Crippen LogP) is 0.415. The maximum atomic E-state index is 5.88. The van der Waals surface area contributed by atoms with Gasteiger partial charge in [-0.1, -0.05) is 0 Å². The lowest BCUT2D eigenvalue weighted by Gasteiger charge is -2.35. The third kappa shape index (κ3) is 1.26. The van der Waals surface area contributed by atoms with Crippen molar-refractivity contribution >= 4 is 19.6 Å². The Morgan fingerprint density at radius 1 is 1.57 bits per heavy atom. The van der Waals surface area contributed by atoms with Gasteiger partial charge in [0.15, 0.2) is 0 Å². The Hall–Kier alpha value is 0.295. The van der Waals surface area contributed by atoms with Crippen molar-refractivity contribution < 1.29 is 14.2 Å². The monoisotopic (exact) mass is 214 g/mol. The van der Waals surface area contributed by atoms with Crippen molar-refractivity contribution in [1.29, 1.82) is 0 Å². The highest BCUT2D eigenvalue weighted by molar-refractivity contribution is 8.00. The normalized spacial score (nSPS) is 48.4. The molecule has 2 unspecified atom stereocenters. The fourth-order valence-electron chi connectivity index (χ4n) is 2.34. The van der Waals surface area contributed by atoms with Gasteiger partial charge in [0.25, 0.3) is 0 Å². The van der Waals surface area contributed by atoms with Crippen molar-refractivity contribution in [3.05, 3.63) is 0 Å². The van der Waals surface area contributed by atoms with E-state index in [2.05, 4.69) is 0 Å². The molecule has 2 fully saturated rings. The molecule has 2 aliphatic heterocycles. The number of rotatable bonds is 3. The Bertz CT molecular complexity index is 228. The van der Waals surface area contributed by atoms with E-state index in [0.717, 1.165) is 5.75 Å². The van der Waals surface area contributed by atoms with Crippen LogP contribution in [0.4, 0.5) is 0 Å². The molecule has 5 heteroatoms. The molecule has 78 valence electrons. The zero-order valence-corrected chi connectivity index (χ0v) is 9.54. The van der Waals surface area contributed by atoms with Crippen LogP contribution in [0.15, 0.2) is 0 Å². The lowest BCUT2D eigenvalue weighted by molar-refractivity contribution is -0.135. The maximum absolute atomic E-state index is 5.88. The number of hydrogen-bond donors (Lipinski definition) is 0. The standard InChI is InChI=1S/C9H15BO3S/c1-5(11-2)9-4-14-6(7(9)12-3)8(10)13-9/h5-8H,4H2,1-3H3/t5?,6-,7?,8+,9+/m0/s1. The van der Waals surface area contributed by atoms with Gasteiger partial charge in [0.2, 0.25) is 0 Å². The van der Waals surface area contributed by atoms with Gasteiger partial charge in [0.1, 0.15) is 19.6 Å². The highest BCUT2D eigenvalue weighted by Gasteiger charge is 2.62. The molecule has 2 bridgehead atoms. The Kier molecular flexibility index (Phi) is 2.86. The maximum Gasteiger partial charge on any atom is 0.129 e. The minimum absolute atomic E-state index is 0.0125. The molecule has 0 amide bonds. The largest absolute Gasteiger partial charge is 0.379 e. The van der Waals surface area contributed by atoms with Crippen molar-refractivity contribution in [2.75, 3.05) is 20.0 Å². The van der Waals surface area contributed by atoms with Gasteiger partial charge < -0.3 is 14.2 Å². The molecule has 0 spiro atoms. The average Bonchev–Trinajstić information content (AvgIpc) is 2.68. The van der Waals surface area contributed by atoms with E-state index in [0.29, 0.717) is 0 Å². The van der Waals surface area contributed by atoms with Crippen LogP contribution >= 0.6 is 11.8 Å². The first-order valence-corrected chi connectivity index (χ1v) is 5.81. The predicted molar refractivity (Wildman–Crippen MR) is 56.9 cm³/mol. The summed E-state index contributed by atoms with van der Waals surface area (Å²) in [5, 5.41) is 0.248. The minimum atomic E-state index is -0.349. The van der Waals surface area contributed by atoms with Crippen molar-refractivity contribution in [3.8, 4) is 0 Å². The lowest BCUT2D eigenvalue weighted by atomic mass is 9.90. The van der Waals surface area contributed by atoms with Gasteiger partial charge in [0, 0.05) is 26.0 Å². The van der Waals surface area contributed by atoms with Crippen LogP contribution in [0.5, 0.6) is 0 Å². The van der Waals surface area contributed by atoms with Gasteiger partial charge >= 0.3 is 0 Å². The second-order valence-corrected chi connectivity index (χ2v) is 5.01. The number of thioether (sulfide) groups is 1. The molecule has 2 saturated heterocycles. The molecule has 14 heavy (non-hydrogen) atoms. The van der Waals surface area contributed by atoms with E-state index in [-0.39, 0.29) is 29.1 Å². The topological polar surface area (TPSA) is 27.7 Å². The van der Waals surface area contributed by atoms with E-state index in [1.807, 2.05) is 18.7 Å². The quantitative estimate of drug-likeness (QED) is 0.636. The summed E-state index contributed by atoms with van der Waals surface area (Å²) < 4.78 is 16.7. The summed E-state index contributed by atoms with van der Waals surface area (Å²) in [5.41, 5.74) is -0.349.